The molecule has 0 aliphatic heterocycles. The molecule has 0 saturated heterocycles. The smallest absolute Gasteiger partial charge is 0.320 e. The summed E-state index contributed by atoms with van der Waals surface area (Å²) in [5.74, 6) is -0.166. The molecule has 5 heteroatoms. The molecule has 24 heavy (non-hydrogen) atoms. The van der Waals surface area contributed by atoms with Crippen LogP contribution in [0.1, 0.15) is 61.8 Å². The molecule has 0 N–H and O–H groups in total. The van der Waals surface area contributed by atoms with Gasteiger partial charge in [-0.15, -0.1) is 0 Å². The van der Waals surface area contributed by atoms with E-state index in [1.54, 1.807) is 0 Å². The van der Waals surface area contributed by atoms with E-state index in [4.69, 9.17) is 9.16 Å². The van der Waals surface area contributed by atoms with E-state index in [1.165, 1.54) is 0 Å². The van der Waals surface area contributed by atoms with Crippen molar-refractivity contribution in [1.82, 2.24) is 4.90 Å². The van der Waals surface area contributed by atoms with Crippen LogP contribution in [0.15, 0.2) is 0 Å². The number of likely N-dealkylation sites (N-methyl/N-ethyl adjacent to an activating group) is 1. The summed E-state index contributed by atoms with van der Waals surface area (Å²) in [6.07, 6.45) is 0.987. The summed E-state index contributed by atoms with van der Waals surface area (Å²) >= 11 is 0. The van der Waals surface area contributed by atoms with Crippen molar-refractivity contribution in [3.8, 4) is 0 Å². The van der Waals surface area contributed by atoms with Gasteiger partial charge < -0.3 is 9.16 Å². The number of carbonyl (C=O) groups excluding carboxylic acids is 1. The second-order valence-corrected chi connectivity index (χ2v) is 15.1. The molecule has 0 heterocycles. The minimum atomic E-state index is -1.71. The maximum absolute atomic E-state index is 11.9. The second kappa shape index (κ2) is 8.32. The van der Waals surface area contributed by atoms with Crippen molar-refractivity contribution in [2.45, 2.75) is 85.5 Å². The van der Waals surface area contributed by atoms with Crippen molar-refractivity contribution in [1.29, 1.82) is 0 Å². The number of carbonyl (C=O) groups is 1. The van der Waals surface area contributed by atoms with E-state index in [0.717, 1.165) is 19.6 Å². The molecule has 0 unspecified atom stereocenters. The predicted octanol–water partition coefficient (Wildman–Crippen LogP) is 4.70. The summed E-state index contributed by atoms with van der Waals surface area (Å²) in [7, 11) is 0.255. The molecule has 144 valence electrons. The van der Waals surface area contributed by atoms with Gasteiger partial charge in [0.15, 0.2) is 8.32 Å². The van der Waals surface area contributed by atoms with Crippen LogP contribution in [0, 0.1) is 5.41 Å². The maximum Gasteiger partial charge on any atom is 0.320 e. The third-order valence-electron chi connectivity index (χ3n) is 4.62. The zero-order valence-corrected chi connectivity index (χ0v) is 19.0. The molecule has 0 saturated carbocycles. The fourth-order valence-electron chi connectivity index (χ4n) is 1.83. The predicted molar refractivity (Wildman–Crippen MR) is 105 cm³/mol. The molecule has 0 aromatic heterocycles. The average molecular weight is 360 g/mol. The highest BCUT2D eigenvalue weighted by atomic mass is 28.4. The van der Waals surface area contributed by atoms with E-state index in [9.17, 15) is 4.79 Å². The van der Waals surface area contributed by atoms with Crippen LogP contribution in [0.5, 0.6) is 0 Å². The largest absolute Gasteiger partial charge is 0.459 e. The first-order valence-corrected chi connectivity index (χ1v) is 11.9. The highest BCUT2D eigenvalue weighted by molar-refractivity contribution is 6.74. The van der Waals surface area contributed by atoms with Gasteiger partial charge in [0.05, 0.1) is 6.54 Å². The normalized spacial score (nSPS) is 14.2. The molecule has 0 aromatic rings. The number of esters is 1. The Bertz CT molecular complexity index is 406. The Morgan fingerprint density at radius 2 is 1.50 bits per heavy atom. The van der Waals surface area contributed by atoms with Crippen molar-refractivity contribution in [3.63, 3.8) is 0 Å². The standard InChI is InChI=1S/C19H41NO3Si/c1-17(2,3)23-16(21)14-20(9)13-12-19(7,8)15-22-24(10,11)18(4,5)6/h12-15H2,1-11H3. The Hall–Kier alpha value is -0.393. The highest BCUT2D eigenvalue weighted by Crippen LogP contribution is 2.38. The van der Waals surface area contributed by atoms with Crippen LogP contribution in [0.2, 0.25) is 18.1 Å². The molecular formula is C19H41NO3Si. The molecule has 0 atom stereocenters. The van der Waals surface area contributed by atoms with Gasteiger partial charge in [0.2, 0.25) is 0 Å². The zero-order chi connectivity index (χ0) is 19.4. The minimum Gasteiger partial charge on any atom is -0.459 e. The molecule has 0 rings (SSSR count). The number of hydrogen-bond acceptors (Lipinski definition) is 4. The summed E-state index contributed by atoms with van der Waals surface area (Å²) in [6, 6.07) is 0. The van der Waals surface area contributed by atoms with E-state index in [2.05, 4.69) is 47.7 Å². The summed E-state index contributed by atoms with van der Waals surface area (Å²) in [6.45, 7) is 23.5. The number of hydrogen-bond donors (Lipinski definition) is 0. The Kier molecular flexibility index (Phi) is 8.19. The lowest BCUT2D eigenvalue weighted by Gasteiger charge is -2.39. The molecule has 0 radical (unpaired) electrons. The van der Waals surface area contributed by atoms with Gasteiger partial charge in [0.25, 0.3) is 0 Å². The summed E-state index contributed by atoms with van der Waals surface area (Å²) < 4.78 is 11.7. The summed E-state index contributed by atoms with van der Waals surface area (Å²) in [4.78, 5) is 13.9. The van der Waals surface area contributed by atoms with Crippen LogP contribution in [-0.4, -0.2) is 51.5 Å². The van der Waals surface area contributed by atoms with Crippen LogP contribution in [0.3, 0.4) is 0 Å². The van der Waals surface area contributed by atoms with Gasteiger partial charge in [-0.1, -0.05) is 34.6 Å². The number of rotatable bonds is 8. The lowest BCUT2D eigenvalue weighted by molar-refractivity contribution is -0.155. The fraction of sp³-hybridized carbons (Fsp3) is 0.947. The van der Waals surface area contributed by atoms with Crippen LogP contribution in [-0.2, 0) is 14.0 Å². The van der Waals surface area contributed by atoms with Gasteiger partial charge in [0.1, 0.15) is 5.60 Å². The molecule has 0 fully saturated rings. The van der Waals surface area contributed by atoms with Crippen molar-refractivity contribution in [3.05, 3.63) is 0 Å². The van der Waals surface area contributed by atoms with Crippen molar-refractivity contribution >= 4 is 14.3 Å². The SMILES string of the molecule is CN(CCC(C)(C)CO[Si](C)(C)C(C)(C)C)CC(=O)OC(C)(C)C. The minimum absolute atomic E-state index is 0.0950. The van der Waals surface area contributed by atoms with E-state index in [1.807, 2.05) is 32.7 Å². The van der Waals surface area contributed by atoms with Crippen LogP contribution >= 0.6 is 0 Å². The lowest BCUT2D eigenvalue weighted by Crippen LogP contribution is -2.43. The molecule has 4 nitrogen and oxygen atoms in total. The van der Waals surface area contributed by atoms with Gasteiger partial charge in [-0.2, -0.15) is 0 Å². The second-order valence-electron chi connectivity index (χ2n) is 10.3. The molecular weight excluding hydrogens is 318 g/mol. The van der Waals surface area contributed by atoms with Crippen LogP contribution < -0.4 is 0 Å². The topological polar surface area (TPSA) is 38.8 Å². The quantitative estimate of drug-likeness (QED) is 0.465. The van der Waals surface area contributed by atoms with Gasteiger partial charge in [-0.3, -0.25) is 9.69 Å². The van der Waals surface area contributed by atoms with Crippen LogP contribution in [0.25, 0.3) is 0 Å². The molecule has 0 amide bonds. The molecule has 0 bridgehead atoms. The lowest BCUT2D eigenvalue weighted by atomic mass is 9.90. The average Bonchev–Trinajstić information content (AvgIpc) is 2.30. The molecule has 0 aliphatic rings. The van der Waals surface area contributed by atoms with Gasteiger partial charge in [-0.25, -0.2) is 0 Å². The monoisotopic (exact) mass is 359 g/mol. The highest BCUT2D eigenvalue weighted by Gasteiger charge is 2.38. The first-order valence-electron chi connectivity index (χ1n) is 9.00. The third kappa shape index (κ3) is 9.79. The third-order valence-corrected chi connectivity index (χ3v) is 9.10. The van der Waals surface area contributed by atoms with Crippen molar-refractivity contribution in [2.24, 2.45) is 5.41 Å². The first kappa shape index (κ1) is 23.6. The van der Waals surface area contributed by atoms with E-state index in [-0.39, 0.29) is 16.4 Å². The maximum atomic E-state index is 11.9. The van der Waals surface area contributed by atoms with Gasteiger partial charge >= 0.3 is 5.97 Å². The Morgan fingerprint density at radius 3 is 1.92 bits per heavy atom. The molecule has 0 spiro atoms. The van der Waals surface area contributed by atoms with Crippen molar-refractivity contribution in [2.75, 3.05) is 26.7 Å². The Labute approximate surface area is 151 Å². The summed E-state index contributed by atoms with van der Waals surface area (Å²) in [5.41, 5.74) is -0.327. The van der Waals surface area contributed by atoms with Crippen molar-refractivity contribution < 1.29 is 14.0 Å². The zero-order valence-electron chi connectivity index (χ0n) is 18.0. The fourth-order valence-corrected chi connectivity index (χ4v) is 3.02. The Balaban J connectivity index is 4.35. The van der Waals surface area contributed by atoms with Crippen LogP contribution in [0.4, 0.5) is 0 Å². The molecule has 0 aromatic carbocycles. The number of nitrogens with zero attached hydrogens (tertiary/aromatic N) is 1. The molecule has 0 aliphatic carbocycles. The summed E-state index contributed by atoms with van der Waals surface area (Å²) in [5, 5.41) is 0.233. The van der Waals surface area contributed by atoms with E-state index >= 15 is 0 Å². The first-order chi connectivity index (χ1) is 10.5. The number of ether oxygens (including phenoxy) is 1. The van der Waals surface area contributed by atoms with E-state index in [0.29, 0.717) is 6.54 Å². The van der Waals surface area contributed by atoms with Gasteiger partial charge in [-0.05, 0) is 64.3 Å². The Morgan fingerprint density at radius 1 is 1.00 bits per heavy atom. The van der Waals surface area contributed by atoms with E-state index < -0.39 is 13.9 Å². The van der Waals surface area contributed by atoms with Gasteiger partial charge in [0, 0.05) is 6.61 Å².